The van der Waals surface area contributed by atoms with Gasteiger partial charge in [-0.25, -0.2) is 5.14 Å². The Kier molecular flexibility index (Phi) is 3.17. The number of nitrogens with zero attached hydrogens (tertiary/aromatic N) is 1. The van der Waals surface area contributed by atoms with Crippen molar-refractivity contribution in [2.75, 3.05) is 19.6 Å². The van der Waals surface area contributed by atoms with Crippen molar-refractivity contribution in [3.8, 4) is 0 Å². The van der Waals surface area contributed by atoms with Crippen LogP contribution in [0.4, 0.5) is 0 Å². The van der Waals surface area contributed by atoms with Gasteiger partial charge in [0.2, 0.25) is 0 Å². The van der Waals surface area contributed by atoms with Crippen molar-refractivity contribution in [3.05, 3.63) is 0 Å². The molecule has 1 atom stereocenters. The second kappa shape index (κ2) is 3.74. The van der Waals surface area contributed by atoms with Gasteiger partial charge in [-0.3, -0.25) is 0 Å². The van der Waals surface area contributed by atoms with Gasteiger partial charge < -0.3 is 10.5 Å². The van der Waals surface area contributed by atoms with E-state index in [2.05, 4.69) is 0 Å². The number of rotatable bonds is 2. The van der Waals surface area contributed by atoms with E-state index < -0.39 is 15.8 Å². The lowest BCUT2D eigenvalue weighted by Gasteiger charge is -2.40. The van der Waals surface area contributed by atoms with Crippen molar-refractivity contribution in [2.45, 2.75) is 25.6 Å². The second-order valence-corrected chi connectivity index (χ2v) is 5.62. The standard InChI is InChI=1S/C7H17N3O3S/c1-7(2)5-10(14(9,11)12)4-6(3-8)13-7/h6H,3-5,8H2,1-2H3,(H2,9,11,12). The van der Waals surface area contributed by atoms with Crippen LogP contribution in [0.3, 0.4) is 0 Å². The van der Waals surface area contributed by atoms with Crippen molar-refractivity contribution in [1.82, 2.24) is 4.31 Å². The molecule has 0 amide bonds. The van der Waals surface area contributed by atoms with Crippen LogP contribution in [-0.4, -0.2) is 44.1 Å². The molecule has 84 valence electrons. The third-order valence-electron chi connectivity index (χ3n) is 2.07. The number of morpholine rings is 1. The first-order valence-electron chi connectivity index (χ1n) is 4.40. The van der Waals surface area contributed by atoms with E-state index in [9.17, 15) is 8.42 Å². The highest BCUT2D eigenvalue weighted by Gasteiger charge is 2.36. The molecule has 1 aliphatic heterocycles. The molecule has 1 rings (SSSR count). The Morgan fingerprint density at radius 2 is 2.14 bits per heavy atom. The van der Waals surface area contributed by atoms with Crippen LogP contribution in [0.1, 0.15) is 13.8 Å². The van der Waals surface area contributed by atoms with Gasteiger partial charge in [-0.05, 0) is 13.8 Å². The molecule has 0 spiro atoms. The van der Waals surface area contributed by atoms with E-state index in [4.69, 9.17) is 15.6 Å². The summed E-state index contributed by atoms with van der Waals surface area (Å²) in [6.07, 6.45) is -0.280. The molecule has 4 N–H and O–H groups in total. The fraction of sp³-hybridized carbons (Fsp3) is 1.00. The summed E-state index contributed by atoms with van der Waals surface area (Å²) >= 11 is 0. The van der Waals surface area contributed by atoms with Gasteiger partial charge in [0.25, 0.3) is 10.2 Å². The van der Waals surface area contributed by atoms with Gasteiger partial charge in [-0.1, -0.05) is 0 Å². The van der Waals surface area contributed by atoms with Crippen molar-refractivity contribution < 1.29 is 13.2 Å². The monoisotopic (exact) mass is 223 g/mol. The molecule has 14 heavy (non-hydrogen) atoms. The summed E-state index contributed by atoms with van der Waals surface area (Å²) < 4.78 is 29.0. The highest BCUT2D eigenvalue weighted by Crippen LogP contribution is 2.21. The maximum absolute atomic E-state index is 11.1. The van der Waals surface area contributed by atoms with Gasteiger partial charge >= 0.3 is 0 Å². The molecule has 1 aliphatic rings. The van der Waals surface area contributed by atoms with Gasteiger partial charge in [0.05, 0.1) is 11.7 Å². The van der Waals surface area contributed by atoms with Crippen LogP contribution in [0.2, 0.25) is 0 Å². The van der Waals surface area contributed by atoms with E-state index in [0.717, 1.165) is 0 Å². The molecule has 0 radical (unpaired) electrons. The van der Waals surface area contributed by atoms with Gasteiger partial charge in [0.15, 0.2) is 0 Å². The zero-order chi connectivity index (χ0) is 11.0. The quantitative estimate of drug-likeness (QED) is 0.603. The third-order valence-corrected chi connectivity index (χ3v) is 3.07. The Bertz CT molecular complexity index is 301. The summed E-state index contributed by atoms with van der Waals surface area (Å²) in [5.74, 6) is 0. The lowest BCUT2D eigenvalue weighted by molar-refractivity contribution is -0.112. The largest absolute Gasteiger partial charge is 0.368 e. The predicted molar refractivity (Wildman–Crippen MR) is 52.7 cm³/mol. The molecule has 0 aromatic rings. The average molecular weight is 223 g/mol. The van der Waals surface area contributed by atoms with Gasteiger partial charge in [-0.2, -0.15) is 12.7 Å². The molecule has 0 aromatic carbocycles. The molecule has 0 bridgehead atoms. The molecule has 0 saturated carbocycles. The smallest absolute Gasteiger partial charge is 0.277 e. The molecule has 1 heterocycles. The first kappa shape index (κ1) is 11.9. The van der Waals surface area contributed by atoms with E-state index in [1.807, 2.05) is 13.8 Å². The van der Waals surface area contributed by atoms with E-state index in [0.29, 0.717) is 0 Å². The molecule has 7 heteroatoms. The summed E-state index contributed by atoms with van der Waals surface area (Å²) in [4.78, 5) is 0. The maximum atomic E-state index is 11.1. The predicted octanol–water partition coefficient (Wildman–Crippen LogP) is -1.37. The van der Waals surface area contributed by atoms with Crippen LogP contribution in [-0.2, 0) is 14.9 Å². The van der Waals surface area contributed by atoms with Gasteiger partial charge in [0, 0.05) is 19.6 Å². The SMILES string of the molecule is CC1(C)CN(S(N)(=O)=O)CC(CN)O1. The summed E-state index contributed by atoms with van der Waals surface area (Å²) in [5.41, 5.74) is 4.91. The minimum atomic E-state index is -3.64. The topological polar surface area (TPSA) is 98.7 Å². The summed E-state index contributed by atoms with van der Waals surface area (Å²) in [6, 6.07) is 0. The minimum Gasteiger partial charge on any atom is -0.368 e. The summed E-state index contributed by atoms with van der Waals surface area (Å²) in [7, 11) is -3.64. The Labute approximate surface area is 84.4 Å². The summed E-state index contributed by atoms with van der Waals surface area (Å²) in [5, 5.41) is 5.05. The molecular weight excluding hydrogens is 206 g/mol. The van der Waals surface area contributed by atoms with Crippen LogP contribution < -0.4 is 10.9 Å². The Balaban J connectivity index is 2.81. The molecular formula is C7H17N3O3S. The number of ether oxygens (including phenoxy) is 1. The van der Waals surface area contributed by atoms with Crippen LogP contribution >= 0.6 is 0 Å². The Hall–Kier alpha value is -0.210. The van der Waals surface area contributed by atoms with Crippen molar-refractivity contribution in [1.29, 1.82) is 0 Å². The highest BCUT2D eigenvalue weighted by molar-refractivity contribution is 7.86. The van der Waals surface area contributed by atoms with E-state index >= 15 is 0 Å². The number of hydrogen-bond donors (Lipinski definition) is 2. The second-order valence-electron chi connectivity index (χ2n) is 4.07. The third kappa shape index (κ3) is 2.89. The minimum absolute atomic E-state index is 0.235. The molecule has 0 aliphatic carbocycles. The lowest BCUT2D eigenvalue weighted by atomic mass is 10.1. The van der Waals surface area contributed by atoms with E-state index in [-0.39, 0.29) is 25.7 Å². The fourth-order valence-corrected chi connectivity index (χ4v) is 2.42. The first-order valence-corrected chi connectivity index (χ1v) is 5.91. The molecule has 1 fully saturated rings. The van der Waals surface area contributed by atoms with Crippen molar-refractivity contribution >= 4 is 10.2 Å². The lowest BCUT2D eigenvalue weighted by Crippen LogP contribution is -2.57. The number of nitrogens with two attached hydrogens (primary N) is 2. The van der Waals surface area contributed by atoms with Crippen LogP contribution in [0.25, 0.3) is 0 Å². The van der Waals surface area contributed by atoms with Crippen LogP contribution in [0.5, 0.6) is 0 Å². The average Bonchev–Trinajstić information content (AvgIpc) is 1.99. The Morgan fingerprint density at radius 3 is 2.57 bits per heavy atom. The fourth-order valence-electron chi connectivity index (χ4n) is 1.56. The van der Waals surface area contributed by atoms with Crippen LogP contribution in [0, 0.1) is 0 Å². The molecule has 6 nitrogen and oxygen atoms in total. The van der Waals surface area contributed by atoms with Gasteiger partial charge in [-0.15, -0.1) is 0 Å². The zero-order valence-electron chi connectivity index (χ0n) is 8.43. The molecule has 1 saturated heterocycles. The molecule has 1 unspecified atom stereocenters. The highest BCUT2D eigenvalue weighted by atomic mass is 32.2. The maximum Gasteiger partial charge on any atom is 0.277 e. The zero-order valence-corrected chi connectivity index (χ0v) is 9.25. The Morgan fingerprint density at radius 1 is 1.57 bits per heavy atom. The number of hydrogen-bond acceptors (Lipinski definition) is 4. The summed E-state index contributed by atoms with van der Waals surface area (Å²) in [6.45, 7) is 4.41. The van der Waals surface area contributed by atoms with Crippen molar-refractivity contribution in [2.24, 2.45) is 10.9 Å². The van der Waals surface area contributed by atoms with E-state index in [1.165, 1.54) is 4.31 Å². The normalized spacial score (nSPS) is 29.0. The molecule has 0 aromatic heterocycles. The van der Waals surface area contributed by atoms with Crippen molar-refractivity contribution in [3.63, 3.8) is 0 Å². The first-order chi connectivity index (χ1) is 6.24. The van der Waals surface area contributed by atoms with E-state index in [1.54, 1.807) is 0 Å². The van der Waals surface area contributed by atoms with Crippen LogP contribution in [0.15, 0.2) is 0 Å². The van der Waals surface area contributed by atoms with Gasteiger partial charge in [0.1, 0.15) is 0 Å².